The molecule has 0 aliphatic heterocycles. The van der Waals surface area contributed by atoms with Crippen LogP contribution in [0.15, 0.2) is 42.5 Å². The molecule has 3 rings (SSSR count). The molecular formula is C35H50ClN3O7. The van der Waals surface area contributed by atoms with Gasteiger partial charge in [-0.3, -0.25) is 4.79 Å². The van der Waals surface area contributed by atoms with Crippen LogP contribution in [0.3, 0.4) is 0 Å². The number of hydrogen-bond acceptors (Lipinski definition) is 7. The van der Waals surface area contributed by atoms with E-state index in [-0.39, 0.29) is 25.1 Å². The molecule has 0 heterocycles. The van der Waals surface area contributed by atoms with Gasteiger partial charge >= 0.3 is 12.2 Å². The lowest BCUT2D eigenvalue weighted by atomic mass is 9.84. The zero-order valence-electron chi connectivity index (χ0n) is 28.0. The lowest BCUT2D eigenvalue weighted by Crippen LogP contribution is -2.46. The number of hydrogen-bond donors (Lipinski definition) is 2. The van der Waals surface area contributed by atoms with Gasteiger partial charge in [-0.25, -0.2) is 9.59 Å². The quantitative estimate of drug-likeness (QED) is 0.207. The fraction of sp³-hybridized carbons (Fsp3) is 0.571. The number of nitrogens with one attached hydrogen (secondary N) is 2. The highest BCUT2D eigenvalue weighted by atomic mass is 35.5. The Bertz CT molecular complexity index is 1290. The smallest absolute Gasteiger partial charge is 0.410 e. The van der Waals surface area contributed by atoms with Gasteiger partial charge in [0.1, 0.15) is 17.5 Å². The topological polar surface area (TPSA) is 115 Å². The van der Waals surface area contributed by atoms with E-state index in [0.29, 0.717) is 41.0 Å². The van der Waals surface area contributed by atoms with Crippen molar-refractivity contribution in [2.75, 3.05) is 40.5 Å². The molecule has 0 saturated heterocycles. The van der Waals surface area contributed by atoms with Crippen LogP contribution in [0.2, 0.25) is 5.02 Å². The Labute approximate surface area is 278 Å². The minimum Gasteiger partial charge on any atom is -0.494 e. The predicted molar refractivity (Wildman–Crippen MR) is 179 cm³/mol. The van der Waals surface area contributed by atoms with Crippen LogP contribution in [0.1, 0.15) is 93.8 Å². The summed E-state index contributed by atoms with van der Waals surface area (Å²) in [5, 5.41) is 6.37. The summed E-state index contributed by atoms with van der Waals surface area (Å²) in [6.45, 7) is 8.49. The van der Waals surface area contributed by atoms with Crippen LogP contribution in [0, 0.1) is 5.92 Å². The molecule has 0 radical (unpaired) electrons. The van der Waals surface area contributed by atoms with E-state index in [1.165, 1.54) is 31.3 Å². The SMILES string of the molecule is CCOc1cc(C(=O)N[C@@H](CC2CCCCC2)CN(C)C(=O)OC(C)(C)C)cc(C(OCCNC(=O)OC)c2cccc(Cl)c2)c1. The number of nitrogens with zero attached hydrogens (tertiary/aromatic N) is 1. The summed E-state index contributed by atoms with van der Waals surface area (Å²) in [5.74, 6) is 0.706. The van der Waals surface area contributed by atoms with E-state index >= 15 is 0 Å². The summed E-state index contributed by atoms with van der Waals surface area (Å²) in [4.78, 5) is 39.9. The van der Waals surface area contributed by atoms with Crippen molar-refractivity contribution in [2.24, 2.45) is 5.92 Å². The normalized spacial score (nSPS) is 14.9. The fourth-order valence-electron chi connectivity index (χ4n) is 5.63. The number of likely N-dealkylation sites (N-methyl/N-ethyl adjacent to an activating group) is 1. The number of carbonyl (C=O) groups is 3. The van der Waals surface area contributed by atoms with Gasteiger partial charge in [0.05, 0.1) is 20.3 Å². The number of alkyl carbamates (subject to hydrolysis) is 1. The molecule has 2 aromatic rings. The van der Waals surface area contributed by atoms with Crippen LogP contribution >= 0.6 is 11.6 Å². The summed E-state index contributed by atoms with van der Waals surface area (Å²) in [6, 6.07) is 12.4. The summed E-state index contributed by atoms with van der Waals surface area (Å²) < 4.78 is 22.4. The van der Waals surface area contributed by atoms with Gasteiger partial charge in [0, 0.05) is 36.8 Å². The highest BCUT2D eigenvalue weighted by Gasteiger charge is 2.27. The first-order chi connectivity index (χ1) is 21.9. The van der Waals surface area contributed by atoms with Gasteiger partial charge < -0.3 is 34.5 Å². The van der Waals surface area contributed by atoms with Crippen LogP contribution in [0.5, 0.6) is 5.75 Å². The summed E-state index contributed by atoms with van der Waals surface area (Å²) >= 11 is 6.34. The summed E-state index contributed by atoms with van der Waals surface area (Å²) in [6.07, 6.45) is 4.96. The molecule has 11 heteroatoms. The summed E-state index contributed by atoms with van der Waals surface area (Å²) in [5.41, 5.74) is 1.24. The molecule has 46 heavy (non-hydrogen) atoms. The highest BCUT2D eigenvalue weighted by Crippen LogP contribution is 2.32. The van der Waals surface area contributed by atoms with E-state index in [9.17, 15) is 14.4 Å². The van der Waals surface area contributed by atoms with E-state index in [0.717, 1.165) is 24.8 Å². The zero-order chi connectivity index (χ0) is 33.7. The average molecular weight is 660 g/mol. The molecule has 2 aromatic carbocycles. The Morgan fingerprint density at radius 1 is 1.04 bits per heavy atom. The Morgan fingerprint density at radius 2 is 1.78 bits per heavy atom. The van der Waals surface area contributed by atoms with Gasteiger partial charge in [0.15, 0.2) is 0 Å². The van der Waals surface area contributed by atoms with E-state index in [1.807, 2.05) is 45.9 Å². The molecule has 1 aliphatic carbocycles. The highest BCUT2D eigenvalue weighted by molar-refractivity contribution is 6.30. The van der Waals surface area contributed by atoms with Crippen molar-refractivity contribution in [2.45, 2.75) is 84.0 Å². The minimum atomic E-state index is -0.624. The maximum Gasteiger partial charge on any atom is 0.410 e. The second kappa shape index (κ2) is 18.0. The van der Waals surface area contributed by atoms with E-state index in [1.54, 1.807) is 31.3 Å². The molecule has 2 N–H and O–H groups in total. The van der Waals surface area contributed by atoms with Crippen LogP contribution in [0.4, 0.5) is 9.59 Å². The number of halogens is 1. The van der Waals surface area contributed by atoms with Crippen LogP contribution in [-0.2, 0) is 14.2 Å². The van der Waals surface area contributed by atoms with Crippen molar-refractivity contribution in [3.63, 3.8) is 0 Å². The number of methoxy groups -OCH3 is 1. The van der Waals surface area contributed by atoms with E-state index in [4.69, 9.17) is 25.8 Å². The lowest BCUT2D eigenvalue weighted by Gasteiger charge is -2.31. The first-order valence-corrected chi connectivity index (χ1v) is 16.5. The average Bonchev–Trinajstić information content (AvgIpc) is 3.00. The Hall–Kier alpha value is -3.50. The molecule has 3 amide bonds. The third kappa shape index (κ3) is 12.4. The zero-order valence-corrected chi connectivity index (χ0v) is 28.8. The van der Waals surface area contributed by atoms with Gasteiger partial charge in [-0.05, 0) is 81.5 Å². The monoisotopic (exact) mass is 659 g/mol. The van der Waals surface area contributed by atoms with Crippen LogP contribution in [-0.4, -0.2) is 75.1 Å². The first-order valence-electron chi connectivity index (χ1n) is 16.1. The standard InChI is InChI=1S/C35H50ClN3O7/c1-7-44-30-21-26(31(25-14-11-15-28(36)20-25)45-17-16-37-33(41)43-6)19-27(22-30)32(40)38-29(18-24-12-9-8-10-13-24)23-39(5)34(42)46-35(2,3)4/h11,14-15,19-22,24,29,31H,7-10,12-13,16-18,23H2,1-6H3,(H,37,41)(H,38,40)/t29-,31?/m0/s1. The van der Waals surface area contributed by atoms with Gasteiger partial charge in [-0.1, -0.05) is 55.8 Å². The minimum absolute atomic E-state index is 0.174. The third-order valence-electron chi connectivity index (χ3n) is 7.67. The number of ether oxygens (including phenoxy) is 4. The number of amides is 3. The van der Waals surface area contributed by atoms with Crippen LogP contribution < -0.4 is 15.4 Å². The van der Waals surface area contributed by atoms with Crippen molar-refractivity contribution in [1.82, 2.24) is 15.5 Å². The Balaban J connectivity index is 1.90. The van der Waals surface area contributed by atoms with Gasteiger partial charge in [0.25, 0.3) is 5.91 Å². The van der Waals surface area contributed by atoms with Gasteiger partial charge in [0.2, 0.25) is 0 Å². The Kier molecular flexibility index (Phi) is 14.5. The molecule has 0 aromatic heterocycles. The lowest BCUT2D eigenvalue weighted by molar-refractivity contribution is 0.0274. The largest absolute Gasteiger partial charge is 0.494 e. The number of carbonyl (C=O) groups excluding carboxylic acids is 3. The molecule has 1 aliphatic rings. The molecule has 0 spiro atoms. The van der Waals surface area contributed by atoms with Crippen molar-refractivity contribution in [1.29, 1.82) is 0 Å². The second-order valence-electron chi connectivity index (χ2n) is 12.7. The van der Waals surface area contributed by atoms with E-state index in [2.05, 4.69) is 15.4 Å². The molecule has 0 bridgehead atoms. The molecule has 1 unspecified atom stereocenters. The molecular weight excluding hydrogens is 610 g/mol. The second-order valence-corrected chi connectivity index (χ2v) is 13.2. The number of benzene rings is 2. The molecule has 1 fully saturated rings. The molecule has 2 atom stereocenters. The predicted octanol–water partition coefficient (Wildman–Crippen LogP) is 7.14. The van der Waals surface area contributed by atoms with Crippen molar-refractivity contribution in [3.8, 4) is 5.75 Å². The van der Waals surface area contributed by atoms with Crippen LogP contribution in [0.25, 0.3) is 0 Å². The molecule has 254 valence electrons. The maximum absolute atomic E-state index is 13.9. The van der Waals surface area contributed by atoms with Gasteiger partial charge in [-0.15, -0.1) is 0 Å². The Morgan fingerprint density at radius 3 is 2.43 bits per heavy atom. The molecule has 10 nitrogen and oxygen atoms in total. The molecule has 1 saturated carbocycles. The fourth-order valence-corrected chi connectivity index (χ4v) is 5.83. The van der Waals surface area contributed by atoms with Crippen molar-refractivity contribution >= 4 is 29.7 Å². The third-order valence-corrected chi connectivity index (χ3v) is 7.91. The summed E-state index contributed by atoms with van der Waals surface area (Å²) in [7, 11) is 3.00. The van der Waals surface area contributed by atoms with Gasteiger partial charge in [-0.2, -0.15) is 0 Å². The van der Waals surface area contributed by atoms with Crippen molar-refractivity contribution in [3.05, 3.63) is 64.2 Å². The maximum atomic E-state index is 13.9. The van der Waals surface area contributed by atoms with E-state index < -0.39 is 23.9 Å². The number of rotatable bonds is 14. The van der Waals surface area contributed by atoms with Crippen molar-refractivity contribution < 1.29 is 33.3 Å². The first kappa shape index (κ1) is 37.0.